The van der Waals surface area contributed by atoms with Gasteiger partial charge in [-0.1, -0.05) is 0 Å². The van der Waals surface area contributed by atoms with Gasteiger partial charge >= 0.3 is 0 Å². The highest BCUT2D eigenvalue weighted by Gasteiger charge is 2.13. The number of fused-ring (bicyclic) bond motifs is 2. The molecule has 0 unspecified atom stereocenters. The molecule has 0 radical (unpaired) electrons. The molecule has 0 saturated carbocycles. The Bertz CT molecular complexity index is 1980. The maximum absolute atomic E-state index is 12.7. The van der Waals surface area contributed by atoms with Crippen LogP contribution in [-0.2, 0) is 42.6 Å². The van der Waals surface area contributed by atoms with E-state index in [9.17, 15) is 9.59 Å². The van der Waals surface area contributed by atoms with Crippen molar-refractivity contribution in [2.45, 2.75) is 38.8 Å². The first kappa shape index (κ1) is 27.8. The first-order valence-electron chi connectivity index (χ1n) is 13.5. The van der Waals surface area contributed by atoms with Crippen LogP contribution in [0.4, 0.5) is 17.5 Å². The smallest absolute Gasteiger partial charge is 0.165 e. The maximum atomic E-state index is 12.7. The minimum absolute atomic E-state index is 0.0896. The Hall–Kier alpha value is -5.31. The summed E-state index contributed by atoms with van der Waals surface area (Å²) in [6.07, 6.45) is 9.12. The van der Waals surface area contributed by atoms with Gasteiger partial charge in [-0.25, -0.2) is 34.9 Å². The van der Waals surface area contributed by atoms with Crippen LogP contribution in [-0.4, -0.2) is 61.4 Å². The number of carbonyl (C=O) groups excluding carboxylic acids is 2. The lowest BCUT2D eigenvalue weighted by Gasteiger charge is -2.06. The van der Waals surface area contributed by atoms with E-state index in [-0.39, 0.29) is 18.0 Å². The first-order chi connectivity index (χ1) is 20.9. The van der Waals surface area contributed by atoms with Crippen LogP contribution in [0.5, 0.6) is 0 Å². The van der Waals surface area contributed by atoms with Gasteiger partial charge in [0.05, 0.1) is 12.7 Å². The molecule has 15 heteroatoms. The van der Waals surface area contributed by atoms with Gasteiger partial charge in [0.1, 0.15) is 41.1 Å². The molecule has 14 nitrogen and oxygen atoms in total. The Morgan fingerprint density at radius 1 is 0.814 bits per heavy atom. The largest absolute Gasteiger partial charge is 0.382 e. The van der Waals surface area contributed by atoms with Gasteiger partial charge in [0.15, 0.2) is 22.9 Å². The van der Waals surface area contributed by atoms with Gasteiger partial charge in [-0.2, -0.15) is 0 Å². The number of nitrogen functional groups attached to an aromatic ring is 2. The van der Waals surface area contributed by atoms with E-state index in [1.165, 1.54) is 24.0 Å². The SMILES string of the molecule is Cn1c(CC(=O)CCn2cnc3c(N)ncnc32)ccc1N=Cc1ccc(CC(=O)CCn2cnc3c(N)ncnc32)s1. The Kier molecular flexibility index (Phi) is 7.70. The number of Topliss-reactive ketones (excluding diaryl/α,β-unsaturated/α-hetero) is 2. The van der Waals surface area contributed by atoms with E-state index in [1.54, 1.807) is 18.9 Å². The number of rotatable bonds is 12. The third-order valence-electron chi connectivity index (χ3n) is 7.08. The maximum Gasteiger partial charge on any atom is 0.165 e. The van der Waals surface area contributed by atoms with Crippen molar-refractivity contribution < 1.29 is 9.59 Å². The highest BCUT2D eigenvalue weighted by atomic mass is 32.1. The summed E-state index contributed by atoms with van der Waals surface area (Å²) in [7, 11) is 1.89. The number of aliphatic imine (C=N–C) groups is 1. The molecule has 0 aliphatic rings. The first-order valence-corrected chi connectivity index (χ1v) is 14.3. The molecule has 0 saturated heterocycles. The summed E-state index contributed by atoms with van der Waals surface area (Å²) in [5, 5.41) is 0. The topological polar surface area (TPSA) is 191 Å². The molecular weight excluding hydrogens is 568 g/mol. The number of thiophene rings is 1. The molecule has 0 aromatic carbocycles. The lowest BCUT2D eigenvalue weighted by molar-refractivity contribution is -0.119. The zero-order chi connectivity index (χ0) is 29.9. The van der Waals surface area contributed by atoms with Crippen molar-refractivity contribution >= 4 is 68.9 Å². The number of nitrogens with zero attached hydrogens (tertiary/aromatic N) is 10. The van der Waals surface area contributed by atoms with E-state index in [4.69, 9.17) is 11.5 Å². The zero-order valence-corrected chi connectivity index (χ0v) is 24.1. The molecule has 0 aliphatic heterocycles. The van der Waals surface area contributed by atoms with Gasteiger partial charge < -0.3 is 25.2 Å². The highest BCUT2D eigenvalue weighted by molar-refractivity contribution is 7.13. The van der Waals surface area contributed by atoms with Gasteiger partial charge in [0, 0.05) is 67.5 Å². The summed E-state index contributed by atoms with van der Waals surface area (Å²) in [5.74, 6) is 1.58. The van der Waals surface area contributed by atoms with E-state index in [0.717, 1.165) is 21.3 Å². The van der Waals surface area contributed by atoms with Crippen LogP contribution in [0.2, 0.25) is 0 Å². The standard InChI is InChI=1S/C28H28N12O2S/c1-38-17(10-18(41)6-8-39-15-36-23-25(29)32-13-34-27(23)39)2-5-22(38)31-12-21-4-3-20(43-21)11-19(42)7-9-40-16-37-24-26(30)33-14-35-28(24)40/h2-5,12-16H,6-11H2,1H3,(H2,29,32,34)(H2,30,33,35). The predicted octanol–water partition coefficient (Wildman–Crippen LogP) is 2.68. The molecule has 6 aromatic rings. The minimum atomic E-state index is 0.0896. The van der Waals surface area contributed by atoms with Crippen LogP contribution in [0.25, 0.3) is 22.3 Å². The van der Waals surface area contributed by atoms with Crippen LogP contribution in [0.3, 0.4) is 0 Å². The Labute approximate surface area is 249 Å². The van der Waals surface area contributed by atoms with Gasteiger partial charge in [0.25, 0.3) is 0 Å². The molecule has 43 heavy (non-hydrogen) atoms. The lowest BCUT2D eigenvalue weighted by atomic mass is 10.1. The van der Waals surface area contributed by atoms with E-state index >= 15 is 0 Å². The van der Waals surface area contributed by atoms with Crippen molar-refractivity contribution in [3.05, 3.63) is 65.0 Å². The summed E-state index contributed by atoms with van der Waals surface area (Å²) in [5.41, 5.74) is 14.9. The second-order valence-corrected chi connectivity index (χ2v) is 11.2. The quantitative estimate of drug-likeness (QED) is 0.199. The van der Waals surface area contributed by atoms with Gasteiger partial charge in [-0.05, 0) is 24.3 Å². The third kappa shape index (κ3) is 6.01. The predicted molar refractivity (Wildman–Crippen MR) is 163 cm³/mol. The molecule has 0 spiro atoms. The van der Waals surface area contributed by atoms with Crippen LogP contribution >= 0.6 is 11.3 Å². The normalized spacial score (nSPS) is 11.7. The summed E-state index contributed by atoms with van der Waals surface area (Å²) >= 11 is 1.52. The summed E-state index contributed by atoms with van der Waals surface area (Å²) in [6, 6.07) is 7.70. The van der Waals surface area contributed by atoms with Gasteiger partial charge in [0.2, 0.25) is 0 Å². The Balaban J connectivity index is 1.00. The summed E-state index contributed by atoms with van der Waals surface area (Å²) in [4.78, 5) is 56.7. The van der Waals surface area contributed by atoms with Crippen LogP contribution < -0.4 is 11.5 Å². The molecule has 0 bridgehead atoms. The summed E-state index contributed by atoms with van der Waals surface area (Å²) in [6.45, 7) is 0.920. The number of nitrogens with two attached hydrogens (primary N) is 2. The highest BCUT2D eigenvalue weighted by Crippen LogP contribution is 2.21. The number of aryl methyl sites for hydroxylation is 2. The number of carbonyl (C=O) groups is 2. The number of anilines is 2. The number of hydrogen-bond acceptors (Lipinski definition) is 12. The number of hydrogen-bond donors (Lipinski definition) is 2. The fraction of sp³-hybridized carbons (Fsp3) is 0.250. The Morgan fingerprint density at radius 3 is 2.05 bits per heavy atom. The number of aromatic nitrogens is 9. The fourth-order valence-electron chi connectivity index (χ4n) is 4.73. The van der Waals surface area contributed by atoms with Gasteiger partial charge in [-0.15, -0.1) is 11.3 Å². The second-order valence-electron chi connectivity index (χ2n) is 9.97. The molecule has 0 amide bonds. The molecule has 0 fully saturated rings. The third-order valence-corrected chi connectivity index (χ3v) is 8.10. The van der Waals surface area contributed by atoms with E-state index in [2.05, 4.69) is 34.9 Å². The number of imidazole rings is 2. The van der Waals surface area contributed by atoms with Crippen molar-refractivity contribution in [2.24, 2.45) is 12.0 Å². The minimum Gasteiger partial charge on any atom is -0.382 e. The molecule has 6 rings (SSSR count). The van der Waals surface area contributed by atoms with Crippen molar-refractivity contribution in [3.8, 4) is 0 Å². The lowest BCUT2D eigenvalue weighted by Crippen LogP contribution is -2.10. The van der Waals surface area contributed by atoms with Crippen LogP contribution in [0, 0.1) is 0 Å². The molecule has 218 valence electrons. The monoisotopic (exact) mass is 596 g/mol. The molecule has 0 aliphatic carbocycles. The second kappa shape index (κ2) is 11.9. The van der Waals surface area contributed by atoms with E-state index in [1.807, 2.05) is 45.0 Å². The zero-order valence-electron chi connectivity index (χ0n) is 23.3. The summed E-state index contributed by atoms with van der Waals surface area (Å²) < 4.78 is 5.53. The van der Waals surface area contributed by atoms with Crippen molar-refractivity contribution in [2.75, 3.05) is 11.5 Å². The van der Waals surface area contributed by atoms with Crippen LogP contribution in [0.1, 0.15) is 28.3 Å². The fourth-order valence-corrected chi connectivity index (χ4v) is 5.64. The van der Waals surface area contributed by atoms with Crippen molar-refractivity contribution in [3.63, 3.8) is 0 Å². The Morgan fingerprint density at radius 2 is 1.42 bits per heavy atom. The van der Waals surface area contributed by atoms with E-state index < -0.39 is 0 Å². The average molecular weight is 597 g/mol. The average Bonchev–Trinajstić information content (AvgIpc) is 3.78. The van der Waals surface area contributed by atoms with Crippen molar-refractivity contribution in [1.82, 2.24) is 43.6 Å². The van der Waals surface area contributed by atoms with Crippen molar-refractivity contribution in [1.29, 1.82) is 0 Å². The van der Waals surface area contributed by atoms with Crippen LogP contribution in [0.15, 0.2) is 54.6 Å². The molecule has 0 atom stereocenters. The number of ketones is 2. The van der Waals surface area contributed by atoms with E-state index in [0.29, 0.717) is 66.3 Å². The molecule has 6 aromatic heterocycles. The van der Waals surface area contributed by atoms with Gasteiger partial charge in [-0.3, -0.25) is 9.59 Å². The molecule has 6 heterocycles. The molecular formula is C28H28N12O2S. The molecule has 4 N–H and O–H groups in total.